The number of aliphatic hydroxyl groups is 1. The molecule has 0 fully saturated rings. The number of likely N-dealkylation sites (N-methyl/N-ethyl adjacent to an activating group) is 1. The maximum atomic E-state index is 13.7. The van der Waals surface area contributed by atoms with E-state index in [0.717, 1.165) is 30.4 Å². The van der Waals surface area contributed by atoms with E-state index < -0.39 is 30.1 Å². The van der Waals surface area contributed by atoms with Crippen LogP contribution in [0.4, 0.5) is 0 Å². The number of benzene rings is 2. The lowest BCUT2D eigenvalue weighted by molar-refractivity contribution is -0.146. The number of rotatable bonds is 5. The van der Waals surface area contributed by atoms with Crippen LogP contribution < -0.4 is 16.0 Å². The average molecular weight is 549 g/mol. The predicted molar refractivity (Wildman–Crippen MR) is 158 cm³/mol. The van der Waals surface area contributed by atoms with Gasteiger partial charge in [0.05, 0.1) is 12.1 Å². The van der Waals surface area contributed by atoms with E-state index in [-0.39, 0.29) is 24.2 Å². The fourth-order valence-electron chi connectivity index (χ4n) is 5.08. The maximum absolute atomic E-state index is 13.7. The molecule has 1 aliphatic rings. The van der Waals surface area contributed by atoms with Gasteiger partial charge >= 0.3 is 0 Å². The smallest absolute Gasteiger partial charge is 0.246 e. The van der Waals surface area contributed by atoms with Crippen molar-refractivity contribution >= 4 is 23.8 Å². The van der Waals surface area contributed by atoms with Crippen LogP contribution in [0.25, 0.3) is 6.08 Å². The van der Waals surface area contributed by atoms with E-state index in [1.54, 1.807) is 0 Å². The zero-order valence-electron chi connectivity index (χ0n) is 24.1. The highest BCUT2D eigenvalue weighted by Crippen LogP contribution is 2.16. The molecule has 8 heteroatoms. The van der Waals surface area contributed by atoms with Crippen molar-refractivity contribution in [2.45, 2.75) is 70.7 Å². The summed E-state index contributed by atoms with van der Waals surface area (Å²) in [5.41, 5.74) is 3.17. The minimum absolute atomic E-state index is 0.00412. The van der Waals surface area contributed by atoms with Crippen molar-refractivity contribution in [3.8, 4) is 0 Å². The first-order chi connectivity index (χ1) is 19.2. The van der Waals surface area contributed by atoms with Crippen LogP contribution in [0.15, 0.2) is 60.7 Å². The second-order valence-electron chi connectivity index (χ2n) is 10.7. The highest BCUT2D eigenvalue weighted by atomic mass is 16.3. The summed E-state index contributed by atoms with van der Waals surface area (Å²) in [6.45, 7) is 6.42. The molecule has 0 spiro atoms. The largest absolute Gasteiger partial charge is 0.391 e. The van der Waals surface area contributed by atoms with Gasteiger partial charge in [-0.25, -0.2) is 0 Å². The topological polar surface area (TPSA) is 111 Å². The lowest BCUT2D eigenvalue weighted by atomic mass is 9.96. The maximum Gasteiger partial charge on any atom is 0.246 e. The van der Waals surface area contributed by atoms with Gasteiger partial charge in [0, 0.05) is 26.6 Å². The average Bonchev–Trinajstić information content (AvgIpc) is 2.94. The van der Waals surface area contributed by atoms with E-state index in [2.05, 4.69) is 28.1 Å². The molecule has 3 amide bonds. The Morgan fingerprint density at radius 3 is 2.40 bits per heavy atom. The monoisotopic (exact) mass is 548 g/mol. The molecule has 1 heterocycles. The van der Waals surface area contributed by atoms with E-state index >= 15 is 0 Å². The molecule has 5 atom stereocenters. The third-order valence-corrected chi connectivity index (χ3v) is 7.62. The van der Waals surface area contributed by atoms with Crippen molar-refractivity contribution in [1.82, 2.24) is 20.9 Å². The summed E-state index contributed by atoms with van der Waals surface area (Å²) in [7, 11) is 1.53. The molecule has 0 saturated carbocycles. The van der Waals surface area contributed by atoms with Gasteiger partial charge in [0.2, 0.25) is 17.7 Å². The fourth-order valence-corrected chi connectivity index (χ4v) is 5.08. The van der Waals surface area contributed by atoms with Crippen molar-refractivity contribution in [2.24, 2.45) is 5.92 Å². The van der Waals surface area contributed by atoms with Gasteiger partial charge in [-0.3, -0.25) is 14.4 Å². The minimum Gasteiger partial charge on any atom is -0.391 e. The summed E-state index contributed by atoms with van der Waals surface area (Å²) < 4.78 is 0. The number of aliphatic hydroxyl groups excluding tert-OH is 1. The Labute approximate surface area is 238 Å². The molecule has 0 aliphatic carbocycles. The van der Waals surface area contributed by atoms with E-state index in [9.17, 15) is 19.5 Å². The third kappa shape index (κ3) is 8.50. The summed E-state index contributed by atoms with van der Waals surface area (Å²) in [6, 6.07) is 15.0. The molecule has 8 nitrogen and oxygen atoms in total. The molecule has 3 rings (SSSR count). The van der Waals surface area contributed by atoms with Crippen molar-refractivity contribution in [2.75, 3.05) is 20.1 Å². The van der Waals surface area contributed by atoms with Crippen molar-refractivity contribution in [1.29, 1.82) is 0 Å². The number of amides is 3. The highest BCUT2D eigenvalue weighted by molar-refractivity contribution is 5.93. The Kier molecular flexibility index (Phi) is 11.9. The van der Waals surface area contributed by atoms with Crippen LogP contribution in [0, 0.1) is 5.92 Å². The Morgan fingerprint density at radius 1 is 1.00 bits per heavy atom. The van der Waals surface area contributed by atoms with Gasteiger partial charge in [-0.1, -0.05) is 87.0 Å². The molecule has 0 bridgehead atoms. The number of nitrogens with zero attached hydrogens (tertiary/aromatic N) is 1. The van der Waals surface area contributed by atoms with Crippen LogP contribution in [0.1, 0.15) is 50.3 Å². The molecule has 1 aliphatic heterocycles. The Hall–Kier alpha value is -3.49. The zero-order valence-corrected chi connectivity index (χ0v) is 24.1. The van der Waals surface area contributed by atoms with Crippen LogP contribution in [-0.2, 0) is 27.2 Å². The van der Waals surface area contributed by atoms with Gasteiger partial charge < -0.3 is 26.0 Å². The molecule has 0 radical (unpaired) electrons. The number of fused-ring (bicyclic) bond motifs is 1. The lowest BCUT2D eigenvalue weighted by Crippen LogP contribution is -2.60. The number of nitrogens with one attached hydrogen (secondary N) is 3. The van der Waals surface area contributed by atoms with Crippen LogP contribution in [0.3, 0.4) is 0 Å². The highest BCUT2D eigenvalue weighted by Gasteiger charge is 2.37. The number of carbonyl (C=O) groups is 3. The molecule has 4 N–H and O–H groups in total. The van der Waals surface area contributed by atoms with Crippen LogP contribution in [0.2, 0.25) is 0 Å². The first-order valence-electron chi connectivity index (χ1n) is 14.3. The first-order valence-corrected chi connectivity index (χ1v) is 14.3. The molecule has 2 aromatic carbocycles. The quantitative estimate of drug-likeness (QED) is 0.459. The van der Waals surface area contributed by atoms with E-state index in [4.69, 9.17) is 0 Å². The van der Waals surface area contributed by atoms with Crippen LogP contribution >= 0.6 is 0 Å². The Bertz CT molecular complexity index is 1150. The van der Waals surface area contributed by atoms with E-state index in [1.165, 1.54) is 24.4 Å². The number of aryl methyl sites for hydroxylation is 1. The third-order valence-electron chi connectivity index (χ3n) is 7.62. The zero-order chi connectivity index (χ0) is 29.1. The van der Waals surface area contributed by atoms with Crippen molar-refractivity contribution in [3.63, 3.8) is 0 Å². The summed E-state index contributed by atoms with van der Waals surface area (Å²) in [5, 5.41) is 19.8. The molecule has 2 aromatic rings. The van der Waals surface area contributed by atoms with Gasteiger partial charge in [-0.2, -0.15) is 0 Å². The van der Waals surface area contributed by atoms with E-state index in [0.29, 0.717) is 13.1 Å². The van der Waals surface area contributed by atoms with Crippen molar-refractivity contribution < 1.29 is 19.5 Å². The molecule has 0 aromatic heterocycles. The van der Waals surface area contributed by atoms with Gasteiger partial charge in [-0.15, -0.1) is 0 Å². The first kappa shape index (κ1) is 31.0. The van der Waals surface area contributed by atoms with E-state index in [1.807, 2.05) is 68.5 Å². The second kappa shape index (κ2) is 15.3. The molecule has 216 valence electrons. The number of hydrogen-bond donors (Lipinski definition) is 4. The molecule has 0 unspecified atom stereocenters. The van der Waals surface area contributed by atoms with Gasteiger partial charge in [0.25, 0.3) is 0 Å². The fraction of sp³-hybridized carbons (Fsp3) is 0.469. The van der Waals surface area contributed by atoms with Crippen LogP contribution in [-0.4, -0.2) is 72.1 Å². The Morgan fingerprint density at radius 2 is 1.70 bits per heavy atom. The molecule has 0 saturated heterocycles. The SMILES string of the molecule is CC[C@H](C)[C@@H]1NCC=Cc2ccccc2CCCNC(=O)[C@@H](Cc2ccccc2)NC(=O)[C@H]([C@H](C)O)N(C)C1=O. The standard InChI is InChI=1S/C32H44N4O4/c1-5-22(2)28-32(40)36(4)29(23(3)37)31(39)35-27(21-24-13-7-6-8-14-24)30(38)34-20-12-18-26-16-10-9-15-25(26)17-11-19-33-28/h6-11,13-17,22-23,27-29,33,37H,5,12,18-21H2,1-4H3,(H,34,38)(H,35,39)/t22-,23-,27+,28-,29-/m0/s1. The lowest BCUT2D eigenvalue weighted by Gasteiger charge is -2.35. The van der Waals surface area contributed by atoms with Gasteiger partial charge in [0.1, 0.15) is 12.1 Å². The normalized spacial score (nSPS) is 23.3. The molecular formula is C32H44N4O4. The second-order valence-corrected chi connectivity index (χ2v) is 10.7. The Balaban J connectivity index is 1.95. The predicted octanol–water partition coefficient (Wildman–Crippen LogP) is 2.70. The molecule has 40 heavy (non-hydrogen) atoms. The van der Waals surface area contributed by atoms with Crippen LogP contribution in [0.5, 0.6) is 0 Å². The number of hydrogen-bond acceptors (Lipinski definition) is 5. The summed E-state index contributed by atoms with van der Waals surface area (Å²) in [4.78, 5) is 41.9. The van der Waals surface area contributed by atoms with Crippen molar-refractivity contribution in [3.05, 3.63) is 77.4 Å². The molecular weight excluding hydrogens is 504 g/mol. The minimum atomic E-state index is -1.16. The number of carbonyl (C=O) groups excluding carboxylic acids is 3. The van der Waals surface area contributed by atoms with Gasteiger partial charge in [-0.05, 0) is 42.4 Å². The van der Waals surface area contributed by atoms with Gasteiger partial charge in [0.15, 0.2) is 0 Å². The summed E-state index contributed by atoms with van der Waals surface area (Å²) >= 11 is 0. The summed E-state index contributed by atoms with van der Waals surface area (Å²) in [6.07, 6.45) is 5.47. The summed E-state index contributed by atoms with van der Waals surface area (Å²) in [5.74, 6) is -1.16.